The number of aromatic nitrogens is 4. The average molecular weight is 259 g/mol. The van der Waals surface area contributed by atoms with E-state index in [2.05, 4.69) is 21.5 Å². The van der Waals surface area contributed by atoms with Gasteiger partial charge in [0.1, 0.15) is 0 Å². The van der Waals surface area contributed by atoms with Gasteiger partial charge in [-0.1, -0.05) is 6.58 Å². The van der Waals surface area contributed by atoms with Crippen LogP contribution in [-0.2, 0) is 0 Å². The van der Waals surface area contributed by atoms with Crippen molar-refractivity contribution in [1.29, 1.82) is 0 Å². The Morgan fingerprint density at radius 3 is 3.11 bits per heavy atom. The number of aliphatic hydroxyl groups excluding tert-OH is 1. The van der Waals surface area contributed by atoms with E-state index in [1.165, 1.54) is 0 Å². The largest absolute Gasteiger partial charge is 0.515 e. The predicted octanol–water partition coefficient (Wildman–Crippen LogP) is 1.03. The van der Waals surface area contributed by atoms with Crippen LogP contribution < -0.4 is 11.3 Å². The molecule has 19 heavy (non-hydrogen) atoms. The summed E-state index contributed by atoms with van der Waals surface area (Å²) in [6.45, 7) is 3.97. The molecule has 0 aromatic carbocycles. The van der Waals surface area contributed by atoms with Crippen LogP contribution in [0.1, 0.15) is 18.9 Å². The molecule has 2 aromatic rings. The Hall–Kier alpha value is -2.57. The maximum Gasteiger partial charge on any atom is 0.280 e. The van der Waals surface area contributed by atoms with Crippen LogP contribution in [0.25, 0.3) is 11.2 Å². The minimum atomic E-state index is -0.359. The number of aliphatic hydroxyl groups is 1. The Labute approximate surface area is 108 Å². The van der Waals surface area contributed by atoms with Crippen LogP contribution >= 0.6 is 0 Å². The Morgan fingerprint density at radius 2 is 2.42 bits per heavy atom. The fourth-order valence-corrected chi connectivity index (χ4v) is 2.47. The quantitative estimate of drug-likeness (QED) is 0.663. The lowest BCUT2D eigenvalue weighted by atomic mass is 10.1. The molecule has 1 aliphatic rings. The molecule has 0 aliphatic heterocycles. The van der Waals surface area contributed by atoms with Crippen LogP contribution in [0.4, 0.5) is 5.95 Å². The Bertz CT molecular complexity index is 755. The van der Waals surface area contributed by atoms with E-state index >= 15 is 0 Å². The molecular formula is C12H13N5O2. The number of aromatic amines is 1. The van der Waals surface area contributed by atoms with E-state index in [1.54, 1.807) is 10.9 Å². The van der Waals surface area contributed by atoms with Gasteiger partial charge in [0.2, 0.25) is 5.95 Å². The average Bonchev–Trinajstić information content (AvgIpc) is 2.92. The van der Waals surface area contributed by atoms with Gasteiger partial charge in [-0.2, -0.15) is 4.98 Å². The number of hydrogen-bond donors (Lipinski definition) is 3. The van der Waals surface area contributed by atoms with Gasteiger partial charge in [-0.25, -0.2) is 4.98 Å². The smallest absolute Gasteiger partial charge is 0.280 e. The SMILES string of the molecule is C=C1/C(=C\O)CCC1n1cnc2c(=O)[nH]c(N)nc21. The third-order valence-electron chi connectivity index (χ3n) is 3.44. The van der Waals surface area contributed by atoms with Gasteiger partial charge in [0, 0.05) is 0 Å². The molecule has 1 saturated carbocycles. The second kappa shape index (κ2) is 3.98. The molecule has 1 aliphatic carbocycles. The number of hydrogen-bond acceptors (Lipinski definition) is 5. The molecule has 1 unspecified atom stereocenters. The van der Waals surface area contributed by atoms with E-state index in [0.717, 1.165) is 30.2 Å². The van der Waals surface area contributed by atoms with E-state index in [1.807, 2.05) is 0 Å². The maximum absolute atomic E-state index is 11.7. The van der Waals surface area contributed by atoms with Crippen LogP contribution in [0.3, 0.4) is 0 Å². The Kier molecular flexibility index (Phi) is 2.41. The molecule has 1 atom stereocenters. The van der Waals surface area contributed by atoms with Crippen molar-refractivity contribution in [2.24, 2.45) is 0 Å². The molecule has 0 bridgehead atoms. The van der Waals surface area contributed by atoms with Crippen LogP contribution in [0.5, 0.6) is 0 Å². The maximum atomic E-state index is 11.7. The zero-order valence-corrected chi connectivity index (χ0v) is 10.1. The summed E-state index contributed by atoms with van der Waals surface area (Å²) in [6.07, 6.45) is 4.15. The second-order valence-electron chi connectivity index (χ2n) is 4.51. The minimum Gasteiger partial charge on any atom is -0.515 e. The zero-order valence-electron chi connectivity index (χ0n) is 10.1. The standard InChI is InChI=1S/C12H13N5O2/c1-6-7(4-18)2-3-8(6)17-5-14-9-10(17)15-12(13)16-11(9)19/h4-5,8,18H,1-3H2,(H3,13,15,16,19)/b7-4-. The first-order valence-corrected chi connectivity index (χ1v) is 5.86. The molecule has 0 spiro atoms. The number of fused-ring (bicyclic) bond motifs is 1. The number of imidazole rings is 1. The van der Waals surface area contributed by atoms with Gasteiger partial charge in [0.15, 0.2) is 11.2 Å². The number of nitrogens with one attached hydrogen (secondary N) is 1. The Morgan fingerprint density at radius 1 is 1.63 bits per heavy atom. The molecule has 7 heteroatoms. The summed E-state index contributed by atoms with van der Waals surface area (Å²) in [7, 11) is 0. The van der Waals surface area contributed by atoms with Gasteiger partial charge in [0.05, 0.1) is 18.6 Å². The number of H-pyrrole nitrogens is 1. The van der Waals surface area contributed by atoms with Gasteiger partial charge in [-0.15, -0.1) is 0 Å². The normalized spacial score (nSPS) is 21.6. The molecule has 98 valence electrons. The van der Waals surface area contributed by atoms with E-state index < -0.39 is 0 Å². The summed E-state index contributed by atoms with van der Waals surface area (Å²) >= 11 is 0. The monoisotopic (exact) mass is 259 g/mol. The first kappa shape index (κ1) is 11.5. The molecule has 0 radical (unpaired) electrons. The number of nitrogens with zero attached hydrogens (tertiary/aromatic N) is 3. The summed E-state index contributed by atoms with van der Waals surface area (Å²) < 4.78 is 1.78. The van der Waals surface area contributed by atoms with Gasteiger partial charge in [-0.05, 0) is 24.0 Å². The van der Waals surface area contributed by atoms with E-state index in [4.69, 9.17) is 10.8 Å². The summed E-state index contributed by atoms with van der Waals surface area (Å²) in [4.78, 5) is 22.3. The molecule has 4 N–H and O–H groups in total. The summed E-state index contributed by atoms with van der Waals surface area (Å²) in [5.74, 6) is 0.0563. The van der Waals surface area contributed by atoms with E-state index in [0.29, 0.717) is 5.65 Å². The summed E-state index contributed by atoms with van der Waals surface area (Å²) in [5, 5.41) is 9.11. The van der Waals surface area contributed by atoms with Crippen LogP contribution in [0, 0.1) is 0 Å². The Balaban J connectivity index is 2.17. The molecule has 0 amide bonds. The van der Waals surface area contributed by atoms with Crippen molar-refractivity contribution in [1.82, 2.24) is 19.5 Å². The summed E-state index contributed by atoms with van der Waals surface area (Å²) in [6, 6.07) is -0.0582. The van der Waals surface area contributed by atoms with Gasteiger partial charge in [0.25, 0.3) is 5.56 Å². The predicted molar refractivity (Wildman–Crippen MR) is 70.7 cm³/mol. The number of nitrogen functional groups attached to an aromatic ring is 1. The number of allylic oxidation sites excluding steroid dienone is 2. The van der Waals surface area contributed by atoms with E-state index in [9.17, 15) is 4.79 Å². The second-order valence-corrected chi connectivity index (χ2v) is 4.51. The van der Waals surface area contributed by atoms with Crippen molar-refractivity contribution < 1.29 is 5.11 Å². The number of rotatable bonds is 1. The molecule has 2 heterocycles. The first-order chi connectivity index (χ1) is 9.11. The first-order valence-electron chi connectivity index (χ1n) is 5.86. The van der Waals surface area contributed by atoms with Gasteiger partial charge < -0.3 is 15.4 Å². The zero-order chi connectivity index (χ0) is 13.6. The van der Waals surface area contributed by atoms with Crippen molar-refractivity contribution in [3.05, 3.63) is 40.7 Å². The summed E-state index contributed by atoms with van der Waals surface area (Å²) in [5.41, 5.74) is 7.51. The van der Waals surface area contributed by atoms with Crippen LogP contribution in [0.15, 0.2) is 35.1 Å². The van der Waals surface area contributed by atoms with Gasteiger partial charge in [-0.3, -0.25) is 9.78 Å². The van der Waals surface area contributed by atoms with Crippen molar-refractivity contribution >= 4 is 17.1 Å². The fraction of sp³-hybridized carbons (Fsp3) is 0.250. The number of anilines is 1. The van der Waals surface area contributed by atoms with Crippen molar-refractivity contribution in [2.75, 3.05) is 5.73 Å². The van der Waals surface area contributed by atoms with E-state index in [-0.39, 0.29) is 23.1 Å². The third kappa shape index (κ3) is 1.62. The molecule has 7 nitrogen and oxygen atoms in total. The lowest BCUT2D eigenvalue weighted by Crippen LogP contribution is -2.13. The van der Waals surface area contributed by atoms with Crippen molar-refractivity contribution in [3.63, 3.8) is 0 Å². The van der Waals surface area contributed by atoms with Crippen LogP contribution in [-0.4, -0.2) is 24.6 Å². The van der Waals surface area contributed by atoms with Crippen molar-refractivity contribution in [3.8, 4) is 0 Å². The fourth-order valence-electron chi connectivity index (χ4n) is 2.47. The third-order valence-corrected chi connectivity index (χ3v) is 3.44. The lowest BCUT2D eigenvalue weighted by molar-refractivity contribution is 0.467. The van der Waals surface area contributed by atoms with Crippen LogP contribution in [0.2, 0.25) is 0 Å². The van der Waals surface area contributed by atoms with Gasteiger partial charge >= 0.3 is 0 Å². The number of nitrogens with two attached hydrogens (primary N) is 1. The highest BCUT2D eigenvalue weighted by molar-refractivity contribution is 5.71. The molecule has 2 aromatic heterocycles. The highest BCUT2D eigenvalue weighted by atomic mass is 16.2. The molecular weight excluding hydrogens is 246 g/mol. The molecule has 3 rings (SSSR count). The highest BCUT2D eigenvalue weighted by Gasteiger charge is 2.27. The lowest BCUT2D eigenvalue weighted by Gasteiger charge is -2.13. The molecule has 0 saturated heterocycles. The highest BCUT2D eigenvalue weighted by Crippen LogP contribution is 2.38. The molecule has 1 fully saturated rings. The van der Waals surface area contributed by atoms with Crippen molar-refractivity contribution in [2.45, 2.75) is 18.9 Å². The topological polar surface area (TPSA) is 110 Å². The minimum absolute atomic E-state index is 0.0563.